The predicted molar refractivity (Wildman–Crippen MR) is 414 cm³/mol. The zero-order chi connectivity index (χ0) is 72.3. The Morgan fingerprint density at radius 3 is 1.01 bits per heavy atom. The van der Waals surface area contributed by atoms with E-state index >= 15 is 0 Å². The molecule has 4 bridgehead atoms. The van der Waals surface area contributed by atoms with Crippen molar-refractivity contribution in [1.82, 2.24) is 29.9 Å². The van der Waals surface area contributed by atoms with Crippen molar-refractivity contribution in [3.8, 4) is 67.5 Å². The van der Waals surface area contributed by atoms with Gasteiger partial charge in [-0.25, -0.2) is 4.79 Å². The first-order valence-electron chi connectivity index (χ1n) is 35.4. The number of carbonyl (C=O) groups is 3. The van der Waals surface area contributed by atoms with Gasteiger partial charge in [0.1, 0.15) is 0 Å². The number of aromatic nitrogens is 6. The smallest absolute Gasteiger partial charge is 0.470 e. The molecule has 14 heteroatoms. The van der Waals surface area contributed by atoms with E-state index in [9.17, 15) is 14.4 Å². The second-order valence-electron chi connectivity index (χ2n) is 25.6. The van der Waals surface area contributed by atoms with Gasteiger partial charge in [-0.2, -0.15) is 0 Å². The molecule has 0 N–H and O–H groups in total. The van der Waals surface area contributed by atoms with E-state index in [0.717, 1.165) is 115 Å². The van der Waals surface area contributed by atoms with Gasteiger partial charge in [-0.15, -0.1) is 203 Å². The van der Waals surface area contributed by atoms with E-state index in [0.29, 0.717) is 24.4 Å². The van der Waals surface area contributed by atoms with Crippen molar-refractivity contribution in [2.75, 3.05) is 6.61 Å². The van der Waals surface area contributed by atoms with Gasteiger partial charge in [0, 0.05) is 24.8 Å². The fourth-order valence-corrected chi connectivity index (χ4v) is 13.0. The molecule has 12 nitrogen and oxygen atoms in total. The van der Waals surface area contributed by atoms with Crippen molar-refractivity contribution >= 4 is 39.7 Å². The summed E-state index contributed by atoms with van der Waals surface area (Å²) in [5.74, 6) is 0.789. The Balaban J connectivity index is 0.000000132. The number of pyridine rings is 6. The van der Waals surface area contributed by atoms with Gasteiger partial charge in [0.05, 0.1) is 36.1 Å². The van der Waals surface area contributed by atoms with Gasteiger partial charge < -0.3 is 34.1 Å². The van der Waals surface area contributed by atoms with Crippen LogP contribution in [-0.4, -0.2) is 54.4 Å². The van der Waals surface area contributed by atoms with E-state index in [1.165, 1.54) is 10.8 Å². The van der Waals surface area contributed by atoms with Gasteiger partial charge in [0.25, 0.3) is 0 Å². The number of hydrogen-bond donors (Lipinski definition) is 0. The summed E-state index contributed by atoms with van der Waals surface area (Å²) >= 11 is 0. The Kier molecular flexibility index (Phi) is 28.8. The zero-order valence-electron chi connectivity index (χ0n) is 58.9. The van der Waals surface area contributed by atoms with Crippen molar-refractivity contribution in [3.63, 3.8) is 0 Å². The second-order valence-corrected chi connectivity index (χ2v) is 25.6. The molecular weight excluding hydrogens is 1690 g/mol. The number of rotatable bonds is 14. The molecule has 0 amide bonds. The van der Waals surface area contributed by atoms with Gasteiger partial charge >= 0.3 is 58.1 Å². The minimum atomic E-state index is -0.546. The van der Waals surface area contributed by atoms with Crippen molar-refractivity contribution in [2.24, 2.45) is 35.5 Å². The van der Waals surface area contributed by atoms with E-state index in [2.05, 4.69) is 115 Å². The number of carbonyl (C=O) groups excluding carboxylic acids is 3. The third-order valence-electron chi connectivity index (χ3n) is 18.4. The number of esters is 3. The number of para-hydroxylation sites is 2. The molecule has 2 saturated carbocycles. The van der Waals surface area contributed by atoms with Crippen LogP contribution < -0.4 is 0 Å². The van der Waals surface area contributed by atoms with E-state index in [-0.39, 0.29) is 83.1 Å². The summed E-state index contributed by atoms with van der Waals surface area (Å²) in [5, 5.41) is 2.34. The molecule has 14 aromatic rings. The largest absolute Gasteiger partial charge is 3.00 e. The molecule has 4 aliphatic rings. The van der Waals surface area contributed by atoms with E-state index < -0.39 is 5.97 Å². The van der Waals surface area contributed by atoms with Gasteiger partial charge in [-0.3, -0.25) is 19.6 Å². The summed E-state index contributed by atoms with van der Waals surface area (Å²) in [5.41, 5.74) is 15.4. The first kappa shape index (κ1) is 77.5. The van der Waals surface area contributed by atoms with E-state index in [1.54, 1.807) is 30.9 Å². The molecule has 18 rings (SSSR count). The Morgan fingerprint density at radius 1 is 0.324 bits per heavy atom. The van der Waals surface area contributed by atoms with Crippen LogP contribution in [0, 0.1) is 71.9 Å². The van der Waals surface area contributed by atoms with Crippen LogP contribution in [0.15, 0.2) is 328 Å². The Morgan fingerprint density at radius 2 is 0.676 bits per heavy atom. The average molecular weight is 1770 g/mol. The summed E-state index contributed by atoms with van der Waals surface area (Å²) in [6.45, 7) is 0.0911. The molecule has 108 heavy (non-hydrogen) atoms. The van der Waals surface area contributed by atoms with Gasteiger partial charge in [-0.05, 0) is 131 Å². The fraction of sp³-hybridized carbons (Fsp3) is 0.138. The molecule has 4 aliphatic carbocycles. The van der Waals surface area contributed by atoms with Crippen molar-refractivity contribution in [2.45, 2.75) is 38.9 Å². The SMILES string of the molecule is O=C(COC(=O)C1CC2C=CC1C2)OCc1c[c-]c(-c2ccccn2)cc1.O=C(OCc1c[c-]c(-c2ccccn2)cc1)C1CC2C=CC1C2.[Ir+3].[Ir+3].[c-]1ccccc1-c1ccc2ccccc2n1.[c-]1ccccc1-c1ccc2ccccc2n1.[c-]1ccccc1-c1ccccn1.[c-]1ccccc1-c1ccccn1. The summed E-state index contributed by atoms with van der Waals surface area (Å²) in [4.78, 5) is 62.4. The maximum Gasteiger partial charge on any atom is 3.00 e. The van der Waals surface area contributed by atoms with Crippen LogP contribution in [0.1, 0.15) is 36.8 Å². The Bertz CT molecular complexity index is 4890. The van der Waals surface area contributed by atoms with Gasteiger partial charge in [0.15, 0.2) is 6.61 Å². The topological polar surface area (TPSA) is 156 Å². The van der Waals surface area contributed by atoms with Gasteiger partial charge in [-0.1, -0.05) is 145 Å². The van der Waals surface area contributed by atoms with Crippen LogP contribution in [0.2, 0.25) is 0 Å². The molecule has 2 fully saturated rings. The number of benzene rings is 8. The molecular formula is C94H74Ir2N6O6. The molecule has 0 spiro atoms. The normalized spacial score (nSPS) is 16.2. The first-order chi connectivity index (χ1) is 52.3. The molecule has 0 saturated heterocycles. The number of nitrogens with zero attached hydrogens (tertiary/aromatic N) is 6. The predicted octanol–water partition coefficient (Wildman–Crippen LogP) is 19.6. The summed E-state index contributed by atoms with van der Waals surface area (Å²) in [7, 11) is 0. The quantitative estimate of drug-likeness (QED) is 0.0440. The third-order valence-corrected chi connectivity index (χ3v) is 18.4. The van der Waals surface area contributed by atoms with Crippen LogP contribution in [-0.2, 0) is 82.0 Å². The number of ether oxygens (including phenoxy) is 3. The second kappa shape index (κ2) is 40.2. The van der Waals surface area contributed by atoms with Crippen molar-refractivity contribution in [1.29, 1.82) is 0 Å². The standard InChI is InChI=1S/C22H20NO4.C20H18NO2.2C15H10N.2C11H8N.2Ir/c24-21(14-27-22(25)19-12-16-6-9-18(19)11-16)26-13-15-4-7-17(8-5-15)20-3-1-2-10-23-20;22-20(18-12-15-6-9-17(18)11-15)23-13-14-4-7-16(8-5-14)19-3-1-2-10-21-19;2*1-2-6-12(7-3-1)15-11-10-13-8-4-5-9-14(13)16-15;2*1-2-6-10(7-3-1)11-8-4-5-9-12-11;;/h1-7,9-10,16,18-19H,11-14H2;1-7,9-10,15,17-18H,11-13H2;2*1-6,8-11H;2*1-6,8-9H;;/q6*-1;2*+3. The molecule has 534 valence electrons. The monoisotopic (exact) mass is 1770 g/mol. The average Bonchev–Trinajstić information content (AvgIpc) is 1.64. The molecule has 0 radical (unpaired) electrons. The molecule has 6 aromatic heterocycles. The Labute approximate surface area is 657 Å². The molecule has 6 atom stereocenters. The van der Waals surface area contributed by atoms with Crippen LogP contribution in [0.3, 0.4) is 0 Å². The summed E-state index contributed by atoms with van der Waals surface area (Å²) in [6.07, 6.45) is 19.7. The molecule has 6 unspecified atom stereocenters. The molecule has 6 heterocycles. The van der Waals surface area contributed by atoms with Crippen molar-refractivity contribution < 1.29 is 68.8 Å². The summed E-state index contributed by atoms with van der Waals surface area (Å²) < 4.78 is 15.8. The van der Waals surface area contributed by atoms with Crippen LogP contribution in [0.4, 0.5) is 0 Å². The zero-order valence-corrected chi connectivity index (χ0v) is 63.7. The minimum Gasteiger partial charge on any atom is -0.470 e. The minimum absolute atomic E-state index is 0. The maximum atomic E-state index is 12.2. The Hall–Kier alpha value is -11.6. The fourth-order valence-electron chi connectivity index (χ4n) is 13.0. The maximum absolute atomic E-state index is 12.2. The van der Waals surface area contributed by atoms with E-state index in [1.807, 2.05) is 249 Å². The van der Waals surface area contributed by atoms with Crippen LogP contribution >= 0.6 is 0 Å². The molecule has 0 aliphatic heterocycles. The third kappa shape index (κ3) is 22.0. The summed E-state index contributed by atoms with van der Waals surface area (Å²) in [6, 6.07) is 109. The first-order valence-corrected chi connectivity index (χ1v) is 35.4. The number of allylic oxidation sites excluding steroid dienone is 4. The molecule has 8 aromatic carbocycles. The van der Waals surface area contributed by atoms with Crippen LogP contribution in [0.5, 0.6) is 0 Å². The van der Waals surface area contributed by atoms with Crippen LogP contribution in [0.25, 0.3) is 89.4 Å². The van der Waals surface area contributed by atoms with Gasteiger partial charge in [0.2, 0.25) is 0 Å². The number of fused-ring (bicyclic) bond motifs is 6. The van der Waals surface area contributed by atoms with Crippen molar-refractivity contribution in [3.05, 3.63) is 376 Å². The van der Waals surface area contributed by atoms with E-state index in [4.69, 9.17) is 14.2 Å². The number of hydrogen-bond acceptors (Lipinski definition) is 12.